The molecule has 0 unspecified atom stereocenters. The van der Waals surface area contributed by atoms with Crippen LogP contribution < -0.4 is 9.47 Å². The number of carbonyl (C=O) groups is 1. The highest BCUT2D eigenvalue weighted by atomic mass is 16.5. The van der Waals surface area contributed by atoms with E-state index in [1.807, 2.05) is 0 Å². The lowest BCUT2D eigenvalue weighted by atomic mass is 10.3. The minimum atomic E-state index is 0.267. The monoisotopic (exact) mass is 193 g/mol. The third-order valence-electron chi connectivity index (χ3n) is 2.00. The summed E-state index contributed by atoms with van der Waals surface area (Å²) in [7, 11) is 1.51. The van der Waals surface area contributed by atoms with Gasteiger partial charge in [-0.05, 0) is 18.9 Å². The van der Waals surface area contributed by atoms with Gasteiger partial charge in [-0.3, -0.25) is 4.79 Å². The van der Waals surface area contributed by atoms with Crippen LogP contribution >= 0.6 is 0 Å². The number of rotatable bonds is 4. The van der Waals surface area contributed by atoms with Crippen molar-refractivity contribution in [3.8, 4) is 11.6 Å². The summed E-state index contributed by atoms with van der Waals surface area (Å²) in [5.41, 5.74) is 0.302. The Bertz CT molecular complexity index is 347. The van der Waals surface area contributed by atoms with Gasteiger partial charge in [0.2, 0.25) is 5.88 Å². The van der Waals surface area contributed by atoms with Crippen molar-refractivity contribution in [1.29, 1.82) is 0 Å². The highest BCUT2D eigenvalue weighted by molar-refractivity contribution is 5.76. The van der Waals surface area contributed by atoms with Gasteiger partial charge >= 0.3 is 0 Å². The van der Waals surface area contributed by atoms with Crippen LogP contribution in [0.5, 0.6) is 11.6 Å². The second-order valence-electron chi connectivity index (χ2n) is 3.17. The first-order chi connectivity index (χ1) is 6.83. The lowest BCUT2D eigenvalue weighted by Crippen LogP contribution is -2.02. The summed E-state index contributed by atoms with van der Waals surface area (Å²) in [6, 6.07) is 3.40. The van der Waals surface area contributed by atoms with E-state index in [1.165, 1.54) is 7.11 Å². The summed E-state index contributed by atoms with van der Waals surface area (Å²) in [5, 5.41) is 0. The minimum absolute atomic E-state index is 0.267. The normalized spacial score (nSPS) is 14.9. The first kappa shape index (κ1) is 8.99. The van der Waals surface area contributed by atoms with Gasteiger partial charge in [-0.25, -0.2) is 4.98 Å². The second kappa shape index (κ2) is 3.65. The van der Waals surface area contributed by atoms with Crippen LogP contribution in [-0.4, -0.2) is 24.5 Å². The second-order valence-corrected chi connectivity index (χ2v) is 3.17. The number of aldehydes is 1. The molecule has 0 spiro atoms. The number of nitrogens with zero attached hydrogens (tertiary/aromatic N) is 1. The molecule has 1 aromatic rings. The number of pyridine rings is 1. The molecule has 4 heteroatoms. The van der Waals surface area contributed by atoms with E-state index in [9.17, 15) is 4.79 Å². The molecule has 1 aromatic heterocycles. The Balaban J connectivity index is 2.23. The Morgan fingerprint density at radius 1 is 1.50 bits per heavy atom. The fourth-order valence-electron chi connectivity index (χ4n) is 1.11. The zero-order valence-corrected chi connectivity index (χ0v) is 7.90. The minimum Gasteiger partial charge on any atom is -0.488 e. The molecule has 74 valence electrons. The summed E-state index contributed by atoms with van der Waals surface area (Å²) in [6.45, 7) is 0. The molecule has 0 aromatic carbocycles. The average Bonchev–Trinajstić information content (AvgIpc) is 3.02. The van der Waals surface area contributed by atoms with Gasteiger partial charge in [0.25, 0.3) is 0 Å². The fraction of sp³-hybridized carbons (Fsp3) is 0.400. The highest BCUT2D eigenvalue weighted by Crippen LogP contribution is 2.28. The van der Waals surface area contributed by atoms with Crippen LogP contribution in [0.1, 0.15) is 23.3 Å². The van der Waals surface area contributed by atoms with Crippen molar-refractivity contribution in [2.45, 2.75) is 18.9 Å². The summed E-state index contributed by atoms with van der Waals surface area (Å²) in [4.78, 5) is 14.7. The standard InChI is InChI=1S/C10H11NO3/c1-13-10-5-4-9(8(6-12)11-10)14-7-2-3-7/h4-7H,2-3H2,1H3. The third kappa shape index (κ3) is 1.84. The summed E-state index contributed by atoms with van der Waals surface area (Å²) in [6.07, 6.45) is 3.07. The van der Waals surface area contributed by atoms with Gasteiger partial charge in [0.05, 0.1) is 13.2 Å². The van der Waals surface area contributed by atoms with Crippen molar-refractivity contribution >= 4 is 6.29 Å². The molecule has 1 aliphatic carbocycles. The number of hydrogen-bond donors (Lipinski definition) is 0. The van der Waals surface area contributed by atoms with Crippen molar-refractivity contribution in [3.63, 3.8) is 0 Å². The summed E-state index contributed by atoms with van der Waals surface area (Å²) >= 11 is 0. The van der Waals surface area contributed by atoms with Crippen molar-refractivity contribution < 1.29 is 14.3 Å². The lowest BCUT2D eigenvalue weighted by Gasteiger charge is -2.07. The Morgan fingerprint density at radius 3 is 2.86 bits per heavy atom. The van der Waals surface area contributed by atoms with Crippen LogP contribution in [0.4, 0.5) is 0 Å². The first-order valence-electron chi connectivity index (χ1n) is 4.50. The molecule has 0 aliphatic heterocycles. The molecule has 0 radical (unpaired) electrons. The van der Waals surface area contributed by atoms with E-state index in [1.54, 1.807) is 12.1 Å². The number of carbonyl (C=O) groups excluding carboxylic acids is 1. The molecule has 0 saturated heterocycles. The van der Waals surface area contributed by atoms with E-state index in [-0.39, 0.29) is 6.10 Å². The highest BCUT2D eigenvalue weighted by Gasteiger charge is 2.24. The maximum atomic E-state index is 10.7. The molecule has 0 bridgehead atoms. The summed E-state index contributed by atoms with van der Waals surface area (Å²) < 4.78 is 10.4. The SMILES string of the molecule is COc1ccc(OC2CC2)c(C=O)n1. The number of aromatic nitrogens is 1. The topological polar surface area (TPSA) is 48.4 Å². The van der Waals surface area contributed by atoms with Crippen LogP contribution in [0.3, 0.4) is 0 Å². The average molecular weight is 193 g/mol. The smallest absolute Gasteiger partial charge is 0.213 e. The number of ether oxygens (including phenoxy) is 2. The molecule has 1 aliphatic rings. The maximum Gasteiger partial charge on any atom is 0.213 e. The van der Waals surface area contributed by atoms with E-state index < -0.39 is 0 Å². The van der Waals surface area contributed by atoms with Gasteiger partial charge < -0.3 is 9.47 Å². The lowest BCUT2D eigenvalue weighted by molar-refractivity contribution is 0.111. The van der Waals surface area contributed by atoms with Crippen LogP contribution in [0.2, 0.25) is 0 Å². The predicted octanol–water partition coefficient (Wildman–Crippen LogP) is 1.44. The molecule has 1 heterocycles. The number of hydrogen-bond acceptors (Lipinski definition) is 4. The van der Waals surface area contributed by atoms with Gasteiger partial charge in [-0.1, -0.05) is 0 Å². The zero-order chi connectivity index (χ0) is 9.97. The van der Waals surface area contributed by atoms with E-state index in [4.69, 9.17) is 9.47 Å². The Kier molecular flexibility index (Phi) is 2.35. The molecule has 0 N–H and O–H groups in total. The Labute approximate surface area is 81.9 Å². The van der Waals surface area contributed by atoms with E-state index in [2.05, 4.69) is 4.98 Å². The fourth-order valence-corrected chi connectivity index (χ4v) is 1.11. The molecular formula is C10H11NO3. The van der Waals surface area contributed by atoms with E-state index in [0.717, 1.165) is 12.8 Å². The molecule has 1 saturated carbocycles. The van der Waals surface area contributed by atoms with E-state index >= 15 is 0 Å². The number of methoxy groups -OCH3 is 1. The first-order valence-corrected chi connectivity index (χ1v) is 4.50. The molecule has 2 rings (SSSR count). The van der Waals surface area contributed by atoms with Crippen LogP contribution in [0.15, 0.2) is 12.1 Å². The van der Waals surface area contributed by atoms with Gasteiger partial charge in [0.15, 0.2) is 6.29 Å². The van der Waals surface area contributed by atoms with E-state index in [0.29, 0.717) is 23.6 Å². The quantitative estimate of drug-likeness (QED) is 0.679. The van der Waals surface area contributed by atoms with Gasteiger partial charge in [0, 0.05) is 6.07 Å². The van der Waals surface area contributed by atoms with Crippen LogP contribution in [0.25, 0.3) is 0 Å². The molecular weight excluding hydrogens is 182 g/mol. The van der Waals surface area contributed by atoms with Gasteiger partial charge in [0.1, 0.15) is 11.4 Å². The largest absolute Gasteiger partial charge is 0.488 e. The molecule has 0 atom stereocenters. The molecule has 1 fully saturated rings. The zero-order valence-electron chi connectivity index (χ0n) is 7.90. The van der Waals surface area contributed by atoms with Crippen molar-refractivity contribution in [3.05, 3.63) is 17.8 Å². The molecule has 0 amide bonds. The van der Waals surface area contributed by atoms with Crippen molar-refractivity contribution in [1.82, 2.24) is 4.98 Å². The molecule has 14 heavy (non-hydrogen) atoms. The van der Waals surface area contributed by atoms with Crippen LogP contribution in [0, 0.1) is 0 Å². The van der Waals surface area contributed by atoms with Crippen LogP contribution in [-0.2, 0) is 0 Å². The van der Waals surface area contributed by atoms with Crippen molar-refractivity contribution in [2.75, 3.05) is 7.11 Å². The molecule has 4 nitrogen and oxygen atoms in total. The predicted molar refractivity (Wildman–Crippen MR) is 49.8 cm³/mol. The maximum absolute atomic E-state index is 10.7. The van der Waals surface area contributed by atoms with Gasteiger partial charge in [-0.15, -0.1) is 0 Å². The Hall–Kier alpha value is -1.58. The Morgan fingerprint density at radius 2 is 2.29 bits per heavy atom. The van der Waals surface area contributed by atoms with Gasteiger partial charge in [-0.2, -0.15) is 0 Å². The third-order valence-corrected chi connectivity index (χ3v) is 2.00. The summed E-state index contributed by atoms with van der Waals surface area (Å²) in [5.74, 6) is 0.971. The van der Waals surface area contributed by atoms with Crippen molar-refractivity contribution in [2.24, 2.45) is 0 Å².